The summed E-state index contributed by atoms with van der Waals surface area (Å²) >= 11 is 5.95. The Balaban J connectivity index is 2.16. The quantitative estimate of drug-likeness (QED) is 0.862. The average Bonchev–Trinajstić information content (AvgIpc) is 2.87. The fraction of sp³-hybridized carbons (Fsp3) is 0.182. The first kappa shape index (κ1) is 13.4. The van der Waals surface area contributed by atoms with Crippen molar-refractivity contribution in [3.8, 4) is 5.69 Å². The zero-order chi connectivity index (χ0) is 13.8. The lowest BCUT2D eigenvalue weighted by Gasteiger charge is -2.02. The summed E-state index contributed by atoms with van der Waals surface area (Å²) in [6, 6.07) is 3.94. The van der Waals surface area contributed by atoms with Gasteiger partial charge in [-0.25, -0.2) is 9.07 Å². The van der Waals surface area contributed by atoms with E-state index >= 15 is 0 Å². The van der Waals surface area contributed by atoms with Crippen LogP contribution in [0.5, 0.6) is 0 Å². The second-order valence-electron chi connectivity index (χ2n) is 3.73. The van der Waals surface area contributed by atoms with E-state index < -0.39 is 5.82 Å². The summed E-state index contributed by atoms with van der Waals surface area (Å²) in [6.07, 6.45) is 1.55. The van der Waals surface area contributed by atoms with E-state index in [0.29, 0.717) is 16.4 Å². The first-order chi connectivity index (χ1) is 9.10. The summed E-state index contributed by atoms with van der Waals surface area (Å²) < 4.78 is 14.5. The van der Waals surface area contributed by atoms with Crippen molar-refractivity contribution in [2.45, 2.75) is 6.54 Å². The van der Waals surface area contributed by atoms with Gasteiger partial charge in [-0.1, -0.05) is 16.8 Å². The molecule has 0 bridgehead atoms. The van der Waals surface area contributed by atoms with Crippen LogP contribution in [0, 0.1) is 5.82 Å². The number of halogens is 2. The van der Waals surface area contributed by atoms with Gasteiger partial charge in [-0.2, -0.15) is 0 Å². The Labute approximate surface area is 113 Å². The van der Waals surface area contributed by atoms with Crippen LogP contribution in [0.2, 0.25) is 5.02 Å². The number of amides is 1. The molecule has 0 saturated carbocycles. The molecule has 0 atom stereocenters. The highest BCUT2D eigenvalue weighted by atomic mass is 35.5. The van der Waals surface area contributed by atoms with Crippen LogP contribution in [0.3, 0.4) is 0 Å². The predicted molar refractivity (Wildman–Crippen MR) is 67.2 cm³/mol. The fourth-order valence-corrected chi connectivity index (χ4v) is 1.62. The van der Waals surface area contributed by atoms with Crippen LogP contribution < -0.4 is 11.1 Å². The molecule has 3 N–H and O–H groups in total. The SMILES string of the molecule is NCC(=O)NCc1cn(-c2cc(F)ccc2Cl)nn1. The molecule has 0 aliphatic carbocycles. The smallest absolute Gasteiger partial charge is 0.234 e. The van der Waals surface area contributed by atoms with Crippen LogP contribution in [0.25, 0.3) is 5.69 Å². The third kappa shape index (κ3) is 3.27. The largest absolute Gasteiger partial charge is 0.349 e. The minimum absolute atomic E-state index is 0.0934. The molecule has 0 radical (unpaired) electrons. The highest BCUT2D eigenvalue weighted by molar-refractivity contribution is 6.32. The molecule has 2 rings (SSSR count). The third-order valence-electron chi connectivity index (χ3n) is 2.35. The van der Waals surface area contributed by atoms with Crippen LogP contribution >= 0.6 is 11.6 Å². The van der Waals surface area contributed by atoms with Crippen LogP contribution in [0.15, 0.2) is 24.4 Å². The maximum Gasteiger partial charge on any atom is 0.234 e. The number of rotatable bonds is 4. The highest BCUT2D eigenvalue weighted by Gasteiger charge is 2.08. The summed E-state index contributed by atoms with van der Waals surface area (Å²) in [5.41, 5.74) is 6.05. The van der Waals surface area contributed by atoms with E-state index in [4.69, 9.17) is 17.3 Å². The molecule has 0 spiro atoms. The molecule has 1 amide bonds. The molecule has 8 heteroatoms. The lowest BCUT2D eigenvalue weighted by Crippen LogP contribution is -2.29. The van der Waals surface area contributed by atoms with Gasteiger partial charge >= 0.3 is 0 Å². The molecule has 100 valence electrons. The van der Waals surface area contributed by atoms with Crippen molar-refractivity contribution >= 4 is 17.5 Å². The van der Waals surface area contributed by atoms with E-state index in [1.54, 1.807) is 6.20 Å². The molecule has 0 fully saturated rings. The monoisotopic (exact) mass is 283 g/mol. The van der Waals surface area contributed by atoms with E-state index in [-0.39, 0.29) is 19.0 Å². The molecule has 1 aromatic heterocycles. The van der Waals surface area contributed by atoms with Gasteiger partial charge in [-0.05, 0) is 12.1 Å². The minimum atomic E-state index is -0.423. The molecule has 0 unspecified atom stereocenters. The van der Waals surface area contributed by atoms with E-state index in [1.165, 1.54) is 22.9 Å². The number of benzene rings is 1. The summed E-state index contributed by atoms with van der Waals surface area (Å²) in [4.78, 5) is 11.0. The predicted octanol–water partition coefficient (Wildman–Crippen LogP) is 0.635. The Kier molecular flexibility index (Phi) is 4.08. The number of nitrogens with zero attached hydrogens (tertiary/aromatic N) is 3. The summed E-state index contributed by atoms with van der Waals surface area (Å²) in [6.45, 7) is 0.104. The lowest BCUT2D eigenvalue weighted by molar-refractivity contribution is -0.119. The number of nitrogens with one attached hydrogen (secondary N) is 1. The zero-order valence-corrected chi connectivity index (χ0v) is 10.6. The highest BCUT2D eigenvalue weighted by Crippen LogP contribution is 2.20. The molecule has 19 heavy (non-hydrogen) atoms. The zero-order valence-electron chi connectivity index (χ0n) is 9.81. The number of carbonyl (C=O) groups is 1. The standard InChI is InChI=1S/C11H11ClFN5O/c12-9-2-1-7(13)3-10(9)18-6-8(16-17-18)5-15-11(19)4-14/h1-3,6H,4-5,14H2,(H,15,19). The number of hydrogen-bond donors (Lipinski definition) is 2. The van der Waals surface area contributed by atoms with Gasteiger partial charge in [0.15, 0.2) is 0 Å². The number of carbonyl (C=O) groups excluding carboxylic acids is 1. The first-order valence-electron chi connectivity index (χ1n) is 5.43. The van der Waals surface area contributed by atoms with Crippen molar-refractivity contribution in [2.75, 3.05) is 6.54 Å². The molecule has 0 aliphatic rings. The van der Waals surface area contributed by atoms with Gasteiger partial charge < -0.3 is 11.1 Å². The van der Waals surface area contributed by atoms with Gasteiger partial charge in [-0.15, -0.1) is 5.10 Å². The number of aromatic nitrogens is 3. The lowest BCUT2D eigenvalue weighted by atomic mass is 10.3. The van der Waals surface area contributed by atoms with Gasteiger partial charge in [0.05, 0.1) is 30.0 Å². The van der Waals surface area contributed by atoms with Crippen molar-refractivity contribution in [1.29, 1.82) is 0 Å². The van der Waals surface area contributed by atoms with Gasteiger partial charge in [0.2, 0.25) is 5.91 Å². The molecular weight excluding hydrogens is 273 g/mol. The van der Waals surface area contributed by atoms with Gasteiger partial charge in [0.25, 0.3) is 0 Å². The Morgan fingerprint density at radius 3 is 3.05 bits per heavy atom. The Bertz CT molecular complexity index is 601. The fourth-order valence-electron chi connectivity index (χ4n) is 1.42. The molecule has 1 aromatic carbocycles. The van der Waals surface area contributed by atoms with E-state index in [1.807, 2.05) is 0 Å². The normalized spacial score (nSPS) is 10.5. The van der Waals surface area contributed by atoms with Crippen molar-refractivity contribution in [3.63, 3.8) is 0 Å². The third-order valence-corrected chi connectivity index (χ3v) is 2.67. The van der Waals surface area contributed by atoms with Crippen LogP contribution in [-0.2, 0) is 11.3 Å². The number of hydrogen-bond acceptors (Lipinski definition) is 4. The van der Waals surface area contributed by atoms with Gasteiger partial charge in [0, 0.05) is 6.07 Å². The van der Waals surface area contributed by atoms with Crippen LogP contribution in [0.1, 0.15) is 5.69 Å². The second kappa shape index (κ2) is 5.77. The number of nitrogens with two attached hydrogens (primary N) is 1. The average molecular weight is 284 g/mol. The Morgan fingerprint density at radius 2 is 2.32 bits per heavy atom. The minimum Gasteiger partial charge on any atom is -0.349 e. The summed E-state index contributed by atoms with van der Waals surface area (Å²) in [5.74, 6) is -0.716. The topological polar surface area (TPSA) is 85.8 Å². The van der Waals surface area contributed by atoms with E-state index in [9.17, 15) is 9.18 Å². The van der Waals surface area contributed by atoms with Gasteiger partial charge in [-0.3, -0.25) is 4.79 Å². The molecule has 0 aliphatic heterocycles. The maximum absolute atomic E-state index is 13.1. The second-order valence-corrected chi connectivity index (χ2v) is 4.14. The van der Waals surface area contributed by atoms with E-state index in [2.05, 4.69) is 15.6 Å². The van der Waals surface area contributed by atoms with E-state index in [0.717, 1.165) is 0 Å². The Morgan fingerprint density at radius 1 is 1.53 bits per heavy atom. The summed E-state index contributed by atoms with van der Waals surface area (Å²) in [7, 11) is 0. The van der Waals surface area contributed by atoms with Crippen molar-refractivity contribution in [3.05, 3.63) is 40.9 Å². The molecule has 1 heterocycles. The van der Waals surface area contributed by atoms with Crippen LogP contribution in [-0.4, -0.2) is 27.4 Å². The first-order valence-corrected chi connectivity index (χ1v) is 5.81. The maximum atomic E-state index is 13.1. The van der Waals surface area contributed by atoms with Crippen molar-refractivity contribution in [2.24, 2.45) is 5.73 Å². The van der Waals surface area contributed by atoms with Crippen LogP contribution in [0.4, 0.5) is 4.39 Å². The molecule has 2 aromatic rings. The molecular formula is C11H11ClFN5O. The Hall–Kier alpha value is -1.99. The molecule has 0 saturated heterocycles. The molecule has 6 nitrogen and oxygen atoms in total. The van der Waals surface area contributed by atoms with Crippen molar-refractivity contribution in [1.82, 2.24) is 20.3 Å². The van der Waals surface area contributed by atoms with Gasteiger partial charge in [0.1, 0.15) is 11.5 Å². The van der Waals surface area contributed by atoms with Crippen molar-refractivity contribution < 1.29 is 9.18 Å². The summed E-state index contributed by atoms with van der Waals surface area (Å²) in [5, 5.41) is 10.6.